The molecule has 2 aromatic carbocycles. The number of urea groups is 1. The zero-order valence-corrected chi connectivity index (χ0v) is 19.3. The van der Waals surface area contributed by atoms with Crippen molar-refractivity contribution in [3.63, 3.8) is 0 Å². The van der Waals surface area contributed by atoms with Gasteiger partial charge in [-0.25, -0.2) is 14.5 Å². The summed E-state index contributed by atoms with van der Waals surface area (Å²) in [6.07, 6.45) is -2.48. The summed E-state index contributed by atoms with van der Waals surface area (Å²) in [6.45, 7) is 3.89. The highest BCUT2D eigenvalue weighted by atomic mass is 19.4. The second-order valence-electron chi connectivity index (χ2n) is 7.63. The van der Waals surface area contributed by atoms with E-state index in [1.54, 1.807) is 22.9 Å². The Morgan fingerprint density at radius 3 is 2.50 bits per heavy atom. The van der Waals surface area contributed by atoms with Crippen molar-refractivity contribution in [2.24, 2.45) is 0 Å². The molecule has 0 aliphatic heterocycles. The third kappa shape index (κ3) is 6.12. The highest BCUT2D eigenvalue weighted by molar-refractivity contribution is 6.00. The fourth-order valence-corrected chi connectivity index (χ4v) is 3.43. The van der Waals surface area contributed by atoms with Crippen LogP contribution in [0.25, 0.3) is 5.69 Å². The van der Waals surface area contributed by atoms with E-state index < -0.39 is 18.1 Å². The molecule has 4 rings (SSSR count). The second-order valence-corrected chi connectivity index (χ2v) is 7.63. The van der Waals surface area contributed by atoms with Gasteiger partial charge in [-0.05, 0) is 61.4 Å². The number of alkyl halides is 3. The molecule has 2 N–H and O–H groups in total. The van der Waals surface area contributed by atoms with Crippen molar-refractivity contribution in [2.75, 3.05) is 10.6 Å². The number of ether oxygens (including phenoxy) is 2. The average Bonchev–Trinajstić information content (AvgIpc) is 3.20. The SMILES string of the molecule is CCc1ccccc1-n1nc(C)cc1Oc1ncccc1NC(=O)Nc1ccc(OC(F)(F)F)cc1. The number of benzene rings is 2. The molecule has 0 fully saturated rings. The number of aromatic nitrogens is 3. The summed E-state index contributed by atoms with van der Waals surface area (Å²) in [5.41, 5.74) is 3.22. The maximum atomic E-state index is 12.5. The van der Waals surface area contributed by atoms with E-state index in [2.05, 4.69) is 25.5 Å². The lowest BCUT2D eigenvalue weighted by Gasteiger charge is -2.14. The summed E-state index contributed by atoms with van der Waals surface area (Å²) in [5.74, 6) is 0.153. The van der Waals surface area contributed by atoms with Crippen LogP contribution in [0.4, 0.5) is 29.3 Å². The molecule has 0 spiro atoms. The molecule has 0 saturated carbocycles. The van der Waals surface area contributed by atoms with Gasteiger partial charge in [-0.1, -0.05) is 25.1 Å². The molecule has 0 aliphatic rings. The molecule has 8 nitrogen and oxygen atoms in total. The van der Waals surface area contributed by atoms with Crippen molar-refractivity contribution in [2.45, 2.75) is 26.6 Å². The number of pyridine rings is 1. The van der Waals surface area contributed by atoms with Crippen molar-refractivity contribution in [1.29, 1.82) is 0 Å². The van der Waals surface area contributed by atoms with E-state index in [9.17, 15) is 18.0 Å². The topological polar surface area (TPSA) is 90.3 Å². The van der Waals surface area contributed by atoms with E-state index in [4.69, 9.17) is 4.74 Å². The number of nitrogens with zero attached hydrogens (tertiary/aromatic N) is 3. The Kier molecular flexibility index (Phi) is 7.09. The Labute approximate surface area is 204 Å². The summed E-state index contributed by atoms with van der Waals surface area (Å²) in [7, 11) is 0. The van der Waals surface area contributed by atoms with Gasteiger partial charge in [0.15, 0.2) is 0 Å². The summed E-state index contributed by atoms with van der Waals surface area (Å²) >= 11 is 0. The molecule has 4 aromatic rings. The molecule has 0 saturated heterocycles. The predicted octanol–water partition coefficient (Wildman–Crippen LogP) is 6.47. The molecule has 0 aliphatic carbocycles. The number of para-hydroxylation sites is 1. The van der Waals surface area contributed by atoms with Gasteiger partial charge in [0.25, 0.3) is 0 Å². The lowest BCUT2D eigenvalue weighted by atomic mass is 10.1. The van der Waals surface area contributed by atoms with Gasteiger partial charge in [-0.15, -0.1) is 13.2 Å². The van der Waals surface area contributed by atoms with Crippen LogP contribution in [0.1, 0.15) is 18.2 Å². The van der Waals surface area contributed by atoms with Gasteiger partial charge in [0.2, 0.25) is 11.8 Å². The molecule has 0 radical (unpaired) electrons. The zero-order chi connectivity index (χ0) is 25.7. The predicted molar refractivity (Wildman–Crippen MR) is 128 cm³/mol. The molecule has 36 heavy (non-hydrogen) atoms. The molecule has 2 heterocycles. The highest BCUT2D eigenvalue weighted by Gasteiger charge is 2.31. The van der Waals surface area contributed by atoms with Crippen LogP contribution in [0.15, 0.2) is 72.9 Å². The largest absolute Gasteiger partial charge is 0.573 e. The molecule has 186 valence electrons. The molecule has 11 heteroatoms. The van der Waals surface area contributed by atoms with E-state index in [0.717, 1.165) is 35.5 Å². The van der Waals surface area contributed by atoms with E-state index in [0.29, 0.717) is 5.88 Å². The standard InChI is InChI=1S/C25H22F3N5O3/c1-3-17-7-4-5-9-21(17)33-22(15-16(2)32-33)35-23-20(8-6-14-29-23)31-24(34)30-18-10-12-19(13-11-18)36-25(26,27)28/h4-15H,3H2,1-2H3,(H2,30,31,34). The Bertz CT molecular complexity index is 1350. The minimum absolute atomic E-state index is 0.136. The van der Waals surface area contributed by atoms with Gasteiger partial charge in [0.1, 0.15) is 11.4 Å². The minimum atomic E-state index is -4.80. The number of hydrogen-bond acceptors (Lipinski definition) is 5. The van der Waals surface area contributed by atoms with Crippen LogP contribution in [-0.2, 0) is 6.42 Å². The minimum Gasteiger partial charge on any atom is -0.418 e. The zero-order valence-electron chi connectivity index (χ0n) is 19.3. The summed E-state index contributed by atoms with van der Waals surface area (Å²) < 4.78 is 48.5. The van der Waals surface area contributed by atoms with Crippen LogP contribution in [-0.4, -0.2) is 27.2 Å². The van der Waals surface area contributed by atoms with E-state index in [1.165, 1.54) is 18.3 Å². The lowest BCUT2D eigenvalue weighted by Crippen LogP contribution is -2.20. The number of carbonyl (C=O) groups excluding carboxylic acids is 1. The molecular formula is C25H22F3N5O3. The van der Waals surface area contributed by atoms with Gasteiger partial charge in [0.05, 0.1) is 11.4 Å². The summed E-state index contributed by atoms with van der Waals surface area (Å²) in [4.78, 5) is 16.8. The Morgan fingerprint density at radius 2 is 1.78 bits per heavy atom. The van der Waals surface area contributed by atoms with Crippen molar-refractivity contribution in [1.82, 2.24) is 14.8 Å². The number of hydrogen-bond donors (Lipinski definition) is 2. The van der Waals surface area contributed by atoms with Crippen LogP contribution < -0.4 is 20.1 Å². The number of rotatable bonds is 7. The smallest absolute Gasteiger partial charge is 0.418 e. The van der Waals surface area contributed by atoms with E-state index in [1.807, 2.05) is 38.1 Å². The number of aryl methyl sites for hydroxylation is 2. The van der Waals surface area contributed by atoms with Gasteiger partial charge in [0, 0.05) is 18.0 Å². The summed E-state index contributed by atoms with van der Waals surface area (Å²) in [6, 6.07) is 16.9. The number of amides is 2. The van der Waals surface area contributed by atoms with Crippen LogP contribution >= 0.6 is 0 Å². The quantitative estimate of drug-likeness (QED) is 0.305. The van der Waals surface area contributed by atoms with Crippen LogP contribution in [0, 0.1) is 6.92 Å². The first-order valence-electron chi connectivity index (χ1n) is 10.9. The molecule has 0 bridgehead atoms. The molecule has 0 atom stereocenters. The Hall–Kier alpha value is -4.54. The molecule has 2 aromatic heterocycles. The fourth-order valence-electron chi connectivity index (χ4n) is 3.43. The van der Waals surface area contributed by atoms with Crippen LogP contribution in [0.2, 0.25) is 0 Å². The summed E-state index contributed by atoms with van der Waals surface area (Å²) in [5, 5.41) is 9.73. The number of nitrogens with one attached hydrogen (secondary N) is 2. The Balaban J connectivity index is 1.50. The van der Waals surface area contributed by atoms with Gasteiger partial charge >= 0.3 is 12.4 Å². The Morgan fingerprint density at radius 1 is 1.03 bits per heavy atom. The molecule has 0 unspecified atom stereocenters. The number of carbonyl (C=O) groups is 1. The average molecular weight is 497 g/mol. The number of halogens is 3. The highest BCUT2D eigenvalue weighted by Crippen LogP contribution is 2.30. The van der Waals surface area contributed by atoms with Gasteiger partial charge in [-0.3, -0.25) is 0 Å². The van der Waals surface area contributed by atoms with Gasteiger partial charge < -0.3 is 20.1 Å². The normalized spacial score (nSPS) is 11.1. The third-order valence-electron chi connectivity index (χ3n) is 4.97. The molecular weight excluding hydrogens is 475 g/mol. The number of anilines is 2. The van der Waals surface area contributed by atoms with E-state index >= 15 is 0 Å². The first-order chi connectivity index (χ1) is 17.2. The third-order valence-corrected chi connectivity index (χ3v) is 4.97. The van der Waals surface area contributed by atoms with Gasteiger partial charge in [-0.2, -0.15) is 5.10 Å². The fraction of sp³-hybridized carbons (Fsp3) is 0.160. The van der Waals surface area contributed by atoms with Crippen molar-refractivity contribution < 1.29 is 27.4 Å². The first-order valence-corrected chi connectivity index (χ1v) is 10.9. The van der Waals surface area contributed by atoms with Crippen LogP contribution in [0.3, 0.4) is 0 Å². The monoisotopic (exact) mass is 497 g/mol. The second kappa shape index (κ2) is 10.4. The first kappa shape index (κ1) is 24.6. The lowest BCUT2D eigenvalue weighted by molar-refractivity contribution is -0.274. The van der Waals surface area contributed by atoms with Crippen molar-refractivity contribution >= 4 is 17.4 Å². The van der Waals surface area contributed by atoms with Crippen LogP contribution in [0.5, 0.6) is 17.5 Å². The maximum Gasteiger partial charge on any atom is 0.573 e. The van der Waals surface area contributed by atoms with Crippen molar-refractivity contribution in [3.05, 3.63) is 84.2 Å². The van der Waals surface area contributed by atoms with E-state index in [-0.39, 0.29) is 17.3 Å². The maximum absolute atomic E-state index is 12.5. The molecule has 2 amide bonds. The van der Waals surface area contributed by atoms with Crippen molar-refractivity contribution in [3.8, 4) is 23.2 Å².